The van der Waals surface area contributed by atoms with Crippen LogP contribution in [0.4, 0.5) is 0 Å². The second kappa shape index (κ2) is 9.29. The quantitative estimate of drug-likeness (QED) is 0.713. The highest BCUT2D eigenvalue weighted by Crippen LogP contribution is 2.33. The van der Waals surface area contributed by atoms with Gasteiger partial charge in [0, 0.05) is 25.4 Å². The van der Waals surface area contributed by atoms with E-state index in [0.717, 1.165) is 19.3 Å². The van der Waals surface area contributed by atoms with Crippen LogP contribution in [-0.2, 0) is 9.59 Å². The van der Waals surface area contributed by atoms with Gasteiger partial charge in [0.1, 0.15) is 0 Å². The summed E-state index contributed by atoms with van der Waals surface area (Å²) in [5, 5.41) is 5.78. The van der Waals surface area contributed by atoms with Crippen LogP contribution in [0.1, 0.15) is 74.1 Å². The average Bonchev–Trinajstić information content (AvgIpc) is 2.39. The molecule has 0 heterocycles. The van der Waals surface area contributed by atoms with E-state index in [1.807, 2.05) is 6.92 Å². The van der Waals surface area contributed by atoms with Crippen LogP contribution >= 0.6 is 0 Å². The van der Waals surface area contributed by atoms with Crippen molar-refractivity contribution in [3.63, 3.8) is 0 Å². The molecule has 0 aliphatic heterocycles. The summed E-state index contributed by atoms with van der Waals surface area (Å²) < 4.78 is 0. The van der Waals surface area contributed by atoms with Crippen molar-refractivity contribution in [3.8, 4) is 0 Å². The molecule has 0 radical (unpaired) electrons. The topological polar surface area (TPSA) is 58.2 Å². The lowest BCUT2D eigenvalue weighted by Gasteiger charge is -2.30. The first-order chi connectivity index (χ1) is 10.4. The second-order valence-electron chi connectivity index (χ2n) is 9.06. The number of carbonyl (C=O) groups is 2. The molecule has 0 fully saturated rings. The second-order valence-corrected chi connectivity index (χ2v) is 9.06. The van der Waals surface area contributed by atoms with Gasteiger partial charge in [0.25, 0.3) is 0 Å². The summed E-state index contributed by atoms with van der Waals surface area (Å²) in [5.41, 5.74) is 0.118. The van der Waals surface area contributed by atoms with E-state index in [1.165, 1.54) is 0 Å². The van der Waals surface area contributed by atoms with Gasteiger partial charge in [0.05, 0.1) is 0 Å². The van der Waals surface area contributed by atoms with Gasteiger partial charge in [-0.05, 0) is 36.5 Å². The molecule has 0 aromatic heterocycles. The molecule has 0 bridgehead atoms. The van der Waals surface area contributed by atoms with Crippen molar-refractivity contribution < 1.29 is 9.59 Å². The van der Waals surface area contributed by atoms with Crippen molar-refractivity contribution in [1.29, 1.82) is 0 Å². The van der Waals surface area contributed by atoms with Crippen LogP contribution < -0.4 is 10.6 Å². The first-order valence-corrected chi connectivity index (χ1v) is 8.89. The zero-order valence-electron chi connectivity index (χ0n) is 16.5. The molecule has 2 N–H and O–H groups in total. The van der Waals surface area contributed by atoms with Gasteiger partial charge < -0.3 is 10.6 Å². The summed E-state index contributed by atoms with van der Waals surface area (Å²) in [6.07, 6.45) is 3.12. The van der Waals surface area contributed by atoms with E-state index < -0.39 is 0 Å². The zero-order valence-corrected chi connectivity index (χ0v) is 16.5. The molecule has 0 aliphatic carbocycles. The Morgan fingerprint density at radius 3 is 1.65 bits per heavy atom. The Bertz CT molecular complexity index is 378. The molecule has 0 aromatic carbocycles. The van der Waals surface area contributed by atoms with Crippen molar-refractivity contribution in [3.05, 3.63) is 0 Å². The predicted octanol–water partition coefficient (Wildman–Crippen LogP) is 3.75. The maximum Gasteiger partial charge on any atom is 0.223 e. The third-order valence-electron chi connectivity index (χ3n) is 3.82. The molecule has 23 heavy (non-hydrogen) atoms. The zero-order chi connectivity index (χ0) is 18.3. The van der Waals surface area contributed by atoms with Crippen LogP contribution in [-0.4, -0.2) is 25.4 Å². The number of hydrogen-bond donors (Lipinski definition) is 2. The Hall–Kier alpha value is -1.06. The van der Waals surface area contributed by atoms with Crippen molar-refractivity contribution in [2.45, 2.75) is 74.1 Å². The van der Waals surface area contributed by atoms with Crippen LogP contribution in [0.5, 0.6) is 0 Å². The van der Waals surface area contributed by atoms with Crippen molar-refractivity contribution >= 4 is 11.8 Å². The molecular formula is C19H38N2O2. The monoisotopic (exact) mass is 326 g/mol. The third-order valence-corrected chi connectivity index (χ3v) is 3.82. The molecular weight excluding hydrogens is 288 g/mol. The summed E-state index contributed by atoms with van der Waals surface area (Å²) in [5.74, 6) is -0.113. The molecule has 4 nitrogen and oxygen atoms in total. The summed E-state index contributed by atoms with van der Waals surface area (Å²) in [7, 11) is 1.67. The summed E-state index contributed by atoms with van der Waals surface area (Å²) >= 11 is 0. The van der Waals surface area contributed by atoms with Crippen molar-refractivity contribution in [2.75, 3.05) is 13.6 Å². The van der Waals surface area contributed by atoms with Gasteiger partial charge in [-0.1, -0.05) is 48.5 Å². The maximum atomic E-state index is 12.5. The number of hydrogen-bond acceptors (Lipinski definition) is 2. The van der Waals surface area contributed by atoms with Crippen LogP contribution in [0, 0.1) is 22.7 Å². The van der Waals surface area contributed by atoms with E-state index in [0.29, 0.717) is 13.0 Å². The Morgan fingerprint density at radius 2 is 1.30 bits per heavy atom. The minimum Gasteiger partial charge on any atom is -0.359 e. The average molecular weight is 327 g/mol. The molecule has 4 heteroatoms. The van der Waals surface area contributed by atoms with Gasteiger partial charge in [-0.15, -0.1) is 0 Å². The predicted molar refractivity (Wildman–Crippen MR) is 97.1 cm³/mol. The van der Waals surface area contributed by atoms with Crippen LogP contribution in [0.3, 0.4) is 0 Å². The first kappa shape index (κ1) is 21.9. The maximum absolute atomic E-state index is 12.5. The van der Waals surface area contributed by atoms with Gasteiger partial charge in [-0.2, -0.15) is 0 Å². The fourth-order valence-electron chi connectivity index (χ4n) is 2.98. The van der Waals surface area contributed by atoms with Crippen LogP contribution in [0.25, 0.3) is 0 Å². The smallest absolute Gasteiger partial charge is 0.223 e. The van der Waals surface area contributed by atoms with Crippen molar-refractivity contribution in [1.82, 2.24) is 10.6 Å². The third kappa shape index (κ3) is 10.4. The Labute approximate surface area is 143 Å². The van der Waals surface area contributed by atoms with Crippen LogP contribution in [0.15, 0.2) is 0 Å². The number of amides is 2. The molecule has 0 aromatic rings. The molecule has 0 aliphatic rings. The molecule has 0 saturated carbocycles. The van der Waals surface area contributed by atoms with Gasteiger partial charge >= 0.3 is 0 Å². The summed E-state index contributed by atoms with van der Waals surface area (Å²) in [4.78, 5) is 24.8. The SMILES string of the molecule is CCCNC(=O)C(CC(CC(C)(C)C)C(=O)NC)CC(C)(C)C. The Morgan fingerprint density at radius 1 is 0.870 bits per heavy atom. The number of carbonyl (C=O) groups excluding carboxylic acids is 2. The van der Waals surface area contributed by atoms with Crippen LogP contribution in [0.2, 0.25) is 0 Å². The minimum absolute atomic E-state index is 0.0436. The molecule has 2 atom stereocenters. The minimum atomic E-state index is -0.125. The van der Waals surface area contributed by atoms with E-state index >= 15 is 0 Å². The highest BCUT2D eigenvalue weighted by Gasteiger charge is 2.32. The molecule has 2 unspecified atom stereocenters. The Balaban J connectivity index is 5.17. The molecule has 0 spiro atoms. The Kier molecular flexibility index (Phi) is 8.86. The largest absolute Gasteiger partial charge is 0.359 e. The van der Waals surface area contributed by atoms with Gasteiger partial charge in [-0.3, -0.25) is 9.59 Å². The van der Waals surface area contributed by atoms with E-state index in [-0.39, 0.29) is 34.5 Å². The summed E-state index contributed by atoms with van der Waals surface area (Å²) in [6.45, 7) is 15.6. The molecule has 136 valence electrons. The van der Waals surface area contributed by atoms with Gasteiger partial charge in [0.15, 0.2) is 0 Å². The van der Waals surface area contributed by atoms with E-state index in [9.17, 15) is 9.59 Å². The lowest BCUT2D eigenvalue weighted by Crippen LogP contribution is -2.38. The lowest BCUT2D eigenvalue weighted by molar-refractivity contribution is -0.129. The summed E-state index contributed by atoms with van der Waals surface area (Å²) in [6, 6.07) is 0. The number of rotatable bonds is 8. The fourth-order valence-corrected chi connectivity index (χ4v) is 2.98. The van der Waals surface area contributed by atoms with Crippen molar-refractivity contribution in [2.24, 2.45) is 22.7 Å². The normalized spacial score (nSPS) is 15.0. The molecule has 0 rings (SSSR count). The lowest BCUT2D eigenvalue weighted by atomic mass is 9.76. The van der Waals surface area contributed by atoms with Gasteiger partial charge in [-0.25, -0.2) is 0 Å². The van der Waals surface area contributed by atoms with E-state index in [4.69, 9.17) is 0 Å². The fraction of sp³-hybridized carbons (Fsp3) is 0.895. The standard InChI is InChI=1S/C19H38N2O2/c1-9-10-21-17(23)15(13-19(5,6)7)11-14(16(22)20-8)12-18(2,3)4/h14-15H,9-13H2,1-8H3,(H,20,22)(H,21,23). The highest BCUT2D eigenvalue weighted by atomic mass is 16.2. The van der Waals surface area contributed by atoms with E-state index in [2.05, 4.69) is 52.2 Å². The van der Waals surface area contributed by atoms with E-state index in [1.54, 1.807) is 7.05 Å². The molecule has 0 saturated heterocycles. The highest BCUT2D eigenvalue weighted by molar-refractivity contribution is 5.81. The number of nitrogens with one attached hydrogen (secondary N) is 2. The first-order valence-electron chi connectivity index (χ1n) is 8.89. The molecule has 2 amide bonds. The van der Waals surface area contributed by atoms with Gasteiger partial charge in [0.2, 0.25) is 11.8 Å².